The van der Waals surface area contributed by atoms with Crippen molar-refractivity contribution in [3.05, 3.63) is 16.4 Å². The molecule has 0 radical (unpaired) electrons. The van der Waals surface area contributed by atoms with E-state index in [1.165, 1.54) is 0 Å². The van der Waals surface area contributed by atoms with Gasteiger partial charge >= 0.3 is 6.09 Å². The van der Waals surface area contributed by atoms with Gasteiger partial charge in [0.25, 0.3) is 0 Å². The van der Waals surface area contributed by atoms with Crippen LogP contribution in [0.4, 0.5) is 4.79 Å². The molecule has 1 fully saturated rings. The maximum Gasteiger partial charge on any atom is 0.410 e. The third-order valence-corrected chi connectivity index (χ3v) is 2.81. The Kier molecular flexibility index (Phi) is 3.16. The topological polar surface area (TPSA) is 55.6 Å². The molecular weight excluding hydrogens is 288 g/mol. The third kappa shape index (κ3) is 3.00. The number of aromatic nitrogens is 1. The van der Waals surface area contributed by atoms with Gasteiger partial charge in [0.15, 0.2) is 0 Å². The first kappa shape index (κ1) is 12.4. The summed E-state index contributed by atoms with van der Waals surface area (Å²) in [5, 5.41) is 3.76. The minimum atomic E-state index is -0.447. The number of carbonyl (C=O) groups is 1. The molecule has 0 N–H and O–H groups in total. The van der Waals surface area contributed by atoms with Crippen LogP contribution in [0.1, 0.15) is 32.4 Å². The Morgan fingerprint density at radius 1 is 1.59 bits per heavy atom. The van der Waals surface area contributed by atoms with E-state index in [-0.39, 0.29) is 12.0 Å². The van der Waals surface area contributed by atoms with Gasteiger partial charge in [-0.2, -0.15) is 0 Å². The zero-order valence-electron chi connectivity index (χ0n) is 10.1. The number of amides is 1. The Bertz CT molecular complexity index is 419. The molecule has 94 valence electrons. The summed E-state index contributed by atoms with van der Waals surface area (Å²) in [7, 11) is 0. The number of carbonyl (C=O) groups excluding carboxylic acids is 1. The maximum absolute atomic E-state index is 11.7. The van der Waals surface area contributed by atoms with Crippen molar-refractivity contribution in [1.82, 2.24) is 10.1 Å². The molecule has 6 heteroatoms. The van der Waals surface area contributed by atoms with Gasteiger partial charge < -0.3 is 14.2 Å². The van der Waals surface area contributed by atoms with Gasteiger partial charge in [0.1, 0.15) is 16.0 Å². The fraction of sp³-hybridized carbons (Fsp3) is 0.636. The van der Waals surface area contributed by atoms with Crippen LogP contribution in [0.25, 0.3) is 0 Å². The van der Waals surface area contributed by atoms with Crippen LogP contribution < -0.4 is 0 Å². The van der Waals surface area contributed by atoms with Crippen LogP contribution in [0, 0.1) is 0 Å². The first-order valence-corrected chi connectivity index (χ1v) is 6.24. The van der Waals surface area contributed by atoms with E-state index in [0.717, 1.165) is 5.76 Å². The van der Waals surface area contributed by atoms with E-state index in [2.05, 4.69) is 21.1 Å². The maximum atomic E-state index is 11.7. The van der Waals surface area contributed by atoms with E-state index in [9.17, 15) is 4.79 Å². The lowest BCUT2D eigenvalue weighted by atomic mass is 9.98. The highest BCUT2D eigenvalue weighted by Crippen LogP contribution is 2.29. The van der Waals surface area contributed by atoms with Gasteiger partial charge in [0.05, 0.1) is 5.92 Å². The number of likely N-dealkylation sites (tertiary alicyclic amines) is 1. The zero-order valence-corrected chi connectivity index (χ0v) is 11.7. The smallest absolute Gasteiger partial charge is 0.410 e. The molecule has 5 nitrogen and oxygen atoms in total. The molecule has 0 saturated carbocycles. The van der Waals surface area contributed by atoms with E-state index < -0.39 is 5.60 Å². The van der Waals surface area contributed by atoms with E-state index in [0.29, 0.717) is 17.7 Å². The van der Waals surface area contributed by atoms with Gasteiger partial charge in [-0.15, -0.1) is 0 Å². The number of hydrogen-bond acceptors (Lipinski definition) is 4. The van der Waals surface area contributed by atoms with E-state index >= 15 is 0 Å². The van der Waals surface area contributed by atoms with Crippen LogP contribution >= 0.6 is 15.9 Å². The lowest BCUT2D eigenvalue weighted by molar-refractivity contribution is 0.00605. The Balaban J connectivity index is 1.85. The quantitative estimate of drug-likeness (QED) is 0.800. The first-order chi connectivity index (χ1) is 7.85. The molecule has 1 aliphatic heterocycles. The summed E-state index contributed by atoms with van der Waals surface area (Å²) in [4.78, 5) is 13.3. The van der Waals surface area contributed by atoms with Crippen LogP contribution in [0.2, 0.25) is 0 Å². The minimum Gasteiger partial charge on any atom is -0.444 e. The summed E-state index contributed by atoms with van der Waals surface area (Å²) >= 11 is 3.23. The van der Waals surface area contributed by atoms with Gasteiger partial charge in [0, 0.05) is 19.2 Å². The third-order valence-electron chi connectivity index (χ3n) is 2.44. The number of rotatable bonds is 1. The van der Waals surface area contributed by atoms with Gasteiger partial charge in [-0.25, -0.2) is 4.79 Å². The second-order valence-electron chi connectivity index (χ2n) is 5.13. The van der Waals surface area contributed by atoms with Crippen molar-refractivity contribution >= 4 is 22.0 Å². The predicted octanol–water partition coefficient (Wildman–Crippen LogP) is 2.77. The summed E-state index contributed by atoms with van der Waals surface area (Å²) in [5.74, 6) is 1.03. The van der Waals surface area contributed by atoms with Gasteiger partial charge in [-0.3, -0.25) is 0 Å². The first-order valence-electron chi connectivity index (χ1n) is 5.45. The van der Waals surface area contributed by atoms with Crippen molar-refractivity contribution in [3.63, 3.8) is 0 Å². The predicted molar refractivity (Wildman–Crippen MR) is 64.8 cm³/mol. The Morgan fingerprint density at radius 2 is 2.24 bits per heavy atom. The van der Waals surface area contributed by atoms with Crippen molar-refractivity contribution in [2.75, 3.05) is 13.1 Å². The number of hydrogen-bond donors (Lipinski definition) is 0. The molecule has 0 aromatic carbocycles. The SMILES string of the molecule is CC(C)(C)OC(=O)N1CC(c2cc(Br)no2)C1. The highest BCUT2D eigenvalue weighted by molar-refractivity contribution is 9.10. The Hall–Kier alpha value is -1.04. The molecule has 1 aromatic rings. The summed E-state index contributed by atoms with van der Waals surface area (Å²) in [6.07, 6.45) is -0.271. The van der Waals surface area contributed by atoms with Crippen LogP contribution in [-0.4, -0.2) is 34.8 Å². The number of ether oxygens (including phenoxy) is 1. The van der Waals surface area contributed by atoms with E-state index in [1.54, 1.807) is 4.90 Å². The van der Waals surface area contributed by atoms with Crippen LogP contribution in [0.3, 0.4) is 0 Å². The molecule has 0 bridgehead atoms. The lowest BCUT2D eigenvalue weighted by Crippen LogP contribution is -2.50. The Labute approximate surface area is 108 Å². The summed E-state index contributed by atoms with van der Waals surface area (Å²) < 4.78 is 11.1. The zero-order chi connectivity index (χ0) is 12.6. The molecule has 0 atom stereocenters. The highest BCUT2D eigenvalue weighted by Gasteiger charge is 2.36. The van der Waals surface area contributed by atoms with Gasteiger partial charge in [-0.05, 0) is 36.7 Å². The summed E-state index contributed by atoms with van der Waals surface area (Å²) in [6.45, 7) is 6.81. The van der Waals surface area contributed by atoms with Crippen molar-refractivity contribution in [3.8, 4) is 0 Å². The molecule has 0 unspecified atom stereocenters. The molecule has 0 aliphatic carbocycles. The molecule has 1 aromatic heterocycles. The second kappa shape index (κ2) is 4.33. The van der Waals surface area contributed by atoms with Gasteiger partial charge in [0.2, 0.25) is 0 Å². The molecule has 2 rings (SSSR count). The van der Waals surface area contributed by atoms with Gasteiger partial charge in [-0.1, -0.05) is 5.16 Å². The average Bonchev–Trinajstić information content (AvgIpc) is 2.45. The van der Waals surface area contributed by atoms with Crippen LogP contribution in [0.5, 0.6) is 0 Å². The average molecular weight is 303 g/mol. The minimum absolute atomic E-state index is 0.223. The normalized spacial score (nSPS) is 16.8. The summed E-state index contributed by atoms with van der Waals surface area (Å²) in [6, 6.07) is 1.83. The highest BCUT2D eigenvalue weighted by atomic mass is 79.9. The fourth-order valence-corrected chi connectivity index (χ4v) is 1.89. The van der Waals surface area contributed by atoms with E-state index in [1.807, 2.05) is 26.8 Å². The van der Waals surface area contributed by atoms with Crippen molar-refractivity contribution in [2.24, 2.45) is 0 Å². The molecule has 1 saturated heterocycles. The molecule has 1 aliphatic rings. The Morgan fingerprint density at radius 3 is 2.71 bits per heavy atom. The van der Waals surface area contributed by atoms with Crippen LogP contribution in [-0.2, 0) is 4.74 Å². The molecular formula is C11H15BrN2O3. The largest absolute Gasteiger partial charge is 0.444 e. The second-order valence-corrected chi connectivity index (χ2v) is 5.95. The molecule has 0 spiro atoms. The molecule has 2 heterocycles. The summed E-state index contributed by atoms with van der Waals surface area (Å²) in [5.41, 5.74) is -0.447. The van der Waals surface area contributed by atoms with E-state index in [4.69, 9.17) is 9.26 Å². The van der Waals surface area contributed by atoms with Crippen molar-refractivity contribution in [1.29, 1.82) is 0 Å². The molecule has 17 heavy (non-hydrogen) atoms. The number of halogens is 1. The lowest BCUT2D eigenvalue weighted by Gasteiger charge is -2.38. The monoisotopic (exact) mass is 302 g/mol. The number of nitrogens with zero attached hydrogens (tertiary/aromatic N) is 2. The van der Waals surface area contributed by atoms with Crippen molar-refractivity contribution < 1.29 is 14.1 Å². The fourth-order valence-electron chi connectivity index (χ4n) is 1.59. The van der Waals surface area contributed by atoms with Crippen LogP contribution in [0.15, 0.2) is 15.2 Å². The van der Waals surface area contributed by atoms with Crippen molar-refractivity contribution in [2.45, 2.75) is 32.3 Å². The molecule has 1 amide bonds. The standard InChI is InChI=1S/C11H15BrN2O3/c1-11(2,3)16-10(15)14-5-7(6-14)8-4-9(12)13-17-8/h4,7H,5-6H2,1-3H3.